The van der Waals surface area contributed by atoms with E-state index in [1.807, 2.05) is 12.2 Å². The van der Waals surface area contributed by atoms with Crippen LogP contribution in [0.4, 0.5) is 5.69 Å². The molecule has 1 fully saturated rings. The second-order valence-electron chi connectivity index (χ2n) is 6.63. The molecule has 2 unspecified atom stereocenters. The van der Waals surface area contributed by atoms with E-state index in [9.17, 15) is 29.3 Å². The molecule has 1 saturated heterocycles. The predicted octanol–water partition coefficient (Wildman–Crippen LogP) is 0.695. The van der Waals surface area contributed by atoms with Crippen molar-refractivity contribution in [2.75, 3.05) is 0 Å². The molecular formula is C18H18N4O6. The summed E-state index contributed by atoms with van der Waals surface area (Å²) in [4.78, 5) is 60.5. The average molecular weight is 386 g/mol. The van der Waals surface area contributed by atoms with Gasteiger partial charge in [-0.15, -0.1) is 0 Å². The van der Waals surface area contributed by atoms with Gasteiger partial charge in [0.05, 0.1) is 16.8 Å². The Bertz CT molecular complexity index is 870. The Kier molecular flexibility index (Phi) is 5.21. The second kappa shape index (κ2) is 7.59. The highest BCUT2D eigenvalue weighted by atomic mass is 16.6. The molecule has 0 spiro atoms. The largest absolute Gasteiger partial charge is 0.274 e. The van der Waals surface area contributed by atoms with E-state index in [0.29, 0.717) is 12.8 Å². The monoisotopic (exact) mass is 386 g/mol. The summed E-state index contributed by atoms with van der Waals surface area (Å²) >= 11 is 0. The standard InChI is InChI=1S/C18H18N4O6/c1-10(21-17(25)13-7-2-3-8-14(13)18(21)26)15(23)19-20-16(24)11-5-4-6-12(9-11)22(27)28/h2-6,9-10,13-14H,7-8H2,1H3,(H,19,23)(H,20,24)/t10-,13?,14?/m0/s1. The minimum atomic E-state index is -1.10. The number of fused-ring (bicyclic) bond motifs is 1. The van der Waals surface area contributed by atoms with Crippen LogP contribution in [-0.2, 0) is 14.4 Å². The lowest BCUT2D eigenvalue weighted by Gasteiger charge is -2.22. The minimum Gasteiger partial charge on any atom is -0.274 e. The first-order valence-corrected chi connectivity index (χ1v) is 8.68. The molecule has 4 amide bonds. The summed E-state index contributed by atoms with van der Waals surface area (Å²) in [6.07, 6.45) is 4.62. The van der Waals surface area contributed by atoms with Crippen molar-refractivity contribution in [1.82, 2.24) is 15.8 Å². The molecule has 3 atom stereocenters. The maximum atomic E-state index is 12.5. The molecule has 1 aromatic rings. The number of likely N-dealkylation sites (tertiary alicyclic amines) is 1. The van der Waals surface area contributed by atoms with Gasteiger partial charge in [-0.1, -0.05) is 18.2 Å². The number of carbonyl (C=O) groups excluding carboxylic acids is 4. The lowest BCUT2D eigenvalue weighted by molar-refractivity contribution is -0.384. The summed E-state index contributed by atoms with van der Waals surface area (Å²) in [5.41, 5.74) is 4.01. The fourth-order valence-corrected chi connectivity index (χ4v) is 3.38. The van der Waals surface area contributed by atoms with Crippen molar-refractivity contribution >= 4 is 29.3 Å². The normalized spacial score (nSPS) is 21.8. The molecule has 1 heterocycles. The molecular weight excluding hydrogens is 368 g/mol. The summed E-state index contributed by atoms with van der Waals surface area (Å²) in [6, 6.07) is 3.89. The smallest absolute Gasteiger partial charge is 0.270 e. The third-order valence-corrected chi connectivity index (χ3v) is 4.93. The third kappa shape index (κ3) is 3.48. The Hall–Kier alpha value is -3.56. The highest BCUT2D eigenvalue weighted by Crippen LogP contribution is 2.36. The Morgan fingerprint density at radius 1 is 1.14 bits per heavy atom. The second-order valence-corrected chi connectivity index (χ2v) is 6.63. The molecule has 1 aliphatic heterocycles. The Morgan fingerprint density at radius 3 is 2.32 bits per heavy atom. The number of benzene rings is 1. The number of hydrogen-bond donors (Lipinski definition) is 2. The molecule has 2 N–H and O–H groups in total. The van der Waals surface area contributed by atoms with Crippen molar-refractivity contribution in [3.05, 3.63) is 52.1 Å². The number of carbonyl (C=O) groups is 4. The molecule has 1 aliphatic carbocycles. The average Bonchev–Trinajstić information content (AvgIpc) is 2.96. The fourth-order valence-electron chi connectivity index (χ4n) is 3.38. The number of rotatable bonds is 4. The number of nitro benzene ring substituents is 1. The summed E-state index contributed by atoms with van der Waals surface area (Å²) in [7, 11) is 0. The van der Waals surface area contributed by atoms with Crippen LogP contribution >= 0.6 is 0 Å². The maximum absolute atomic E-state index is 12.5. The van der Waals surface area contributed by atoms with Crippen LogP contribution in [0.1, 0.15) is 30.1 Å². The van der Waals surface area contributed by atoms with Crippen LogP contribution in [0.25, 0.3) is 0 Å². The molecule has 1 aromatic carbocycles. The molecule has 146 valence electrons. The fraction of sp³-hybridized carbons (Fsp3) is 0.333. The number of allylic oxidation sites excluding steroid dienone is 2. The van der Waals surface area contributed by atoms with Crippen LogP contribution in [0.2, 0.25) is 0 Å². The van der Waals surface area contributed by atoms with E-state index in [2.05, 4.69) is 10.9 Å². The van der Waals surface area contributed by atoms with Crippen LogP contribution in [0.3, 0.4) is 0 Å². The zero-order chi connectivity index (χ0) is 20.4. The Balaban J connectivity index is 1.62. The topological polar surface area (TPSA) is 139 Å². The first-order valence-electron chi connectivity index (χ1n) is 8.68. The first kappa shape index (κ1) is 19.2. The van der Waals surface area contributed by atoms with E-state index < -0.39 is 46.4 Å². The van der Waals surface area contributed by atoms with Gasteiger partial charge in [-0.25, -0.2) is 0 Å². The SMILES string of the molecule is C[C@@H](C(=O)NNC(=O)c1cccc([N+](=O)[O-])c1)N1C(=O)C2CC=CCC2C1=O. The Labute approximate surface area is 159 Å². The van der Waals surface area contributed by atoms with Crippen molar-refractivity contribution < 1.29 is 24.1 Å². The zero-order valence-corrected chi connectivity index (χ0v) is 15.0. The van der Waals surface area contributed by atoms with E-state index in [1.165, 1.54) is 25.1 Å². The molecule has 10 heteroatoms. The van der Waals surface area contributed by atoms with Crippen molar-refractivity contribution in [1.29, 1.82) is 0 Å². The number of amides is 4. The lowest BCUT2D eigenvalue weighted by atomic mass is 9.85. The van der Waals surface area contributed by atoms with Gasteiger partial charge in [0.2, 0.25) is 11.8 Å². The van der Waals surface area contributed by atoms with E-state index >= 15 is 0 Å². The molecule has 10 nitrogen and oxygen atoms in total. The number of nitrogens with one attached hydrogen (secondary N) is 2. The van der Waals surface area contributed by atoms with E-state index in [-0.39, 0.29) is 11.3 Å². The number of nitro groups is 1. The summed E-state index contributed by atoms with van der Waals surface area (Å²) in [6.45, 7) is 1.40. The third-order valence-electron chi connectivity index (χ3n) is 4.93. The Morgan fingerprint density at radius 2 is 1.75 bits per heavy atom. The van der Waals surface area contributed by atoms with Gasteiger partial charge in [0, 0.05) is 17.7 Å². The van der Waals surface area contributed by atoms with Gasteiger partial charge in [-0.05, 0) is 25.8 Å². The van der Waals surface area contributed by atoms with Gasteiger partial charge in [-0.3, -0.25) is 45.0 Å². The van der Waals surface area contributed by atoms with Crippen LogP contribution in [0, 0.1) is 22.0 Å². The summed E-state index contributed by atoms with van der Waals surface area (Å²) in [5.74, 6) is -3.20. The highest BCUT2D eigenvalue weighted by molar-refractivity contribution is 6.08. The number of hydrogen-bond acceptors (Lipinski definition) is 6. The minimum absolute atomic E-state index is 0.0208. The first-order chi connectivity index (χ1) is 13.3. The molecule has 3 rings (SSSR count). The quantitative estimate of drug-likeness (QED) is 0.338. The summed E-state index contributed by atoms with van der Waals surface area (Å²) < 4.78 is 0. The number of hydrazine groups is 1. The van der Waals surface area contributed by atoms with E-state index in [1.54, 1.807) is 0 Å². The maximum Gasteiger partial charge on any atom is 0.270 e. The highest BCUT2D eigenvalue weighted by Gasteiger charge is 2.50. The molecule has 2 aliphatic rings. The van der Waals surface area contributed by atoms with Crippen LogP contribution in [-0.4, -0.2) is 39.5 Å². The molecule has 0 radical (unpaired) electrons. The van der Waals surface area contributed by atoms with Crippen molar-refractivity contribution in [2.45, 2.75) is 25.8 Å². The van der Waals surface area contributed by atoms with Gasteiger partial charge < -0.3 is 0 Å². The van der Waals surface area contributed by atoms with Crippen LogP contribution in [0.5, 0.6) is 0 Å². The van der Waals surface area contributed by atoms with Gasteiger partial charge in [-0.2, -0.15) is 0 Å². The van der Waals surface area contributed by atoms with Gasteiger partial charge in [0.1, 0.15) is 6.04 Å². The van der Waals surface area contributed by atoms with Gasteiger partial charge in [0.25, 0.3) is 17.5 Å². The number of imide groups is 1. The zero-order valence-electron chi connectivity index (χ0n) is 15.0. The van der Waals surface area contributed by atoms with Crippen LogP contribution < -0.4 is 10.9 Å². The van der Waals surface area contributed by atoms with Crippen molar-refractivity contribution in [2.24, 2.45) is 11.8 Å². The van der Waals surface area contributed by atoms with Crippen molar-refractivity contribution in [3.8, 4) is 0 Å². The van der Waals surface area contributed by atoms with E-state index in [0.717, 1.165) is 11.0 Å². The molecule has 0 bridgehead atoms. The number of non-ortho nitro benzene ring substituents is 1. The summed E-state index contributed by atoms with van der Waals surface area (Å²) in [5, 5.41) is 10.8. The van der Waals surface area contributed by atoms with Crippen LogP contribution in [0.15, 0.2) is 36.4 Å². The predicted molar refractivity (Wildman–Crippen MR) is 95.4 cm³/mol. The molecule has 0 aromatic heterocycles. The number of nitrogens with zero attached hydrogens (tertiary/aromatic N) is 2. The molecule has 0 saturated carbocycles. The lowest BCUT2D eigenvalue weighted by Crippen LogP contribution is -2.53. The van der Waals surface area contributed by atoms with E-state index in [4.69, 9.17) is 0 Å². The van der Waals surface area contributed by atoms with Gasteiger partial charge >= 0.3 is 0 Å². The van der Waals surface area contributed by atoms with Crippen molar-refractivity contribution in [3.63, 3.8) is 0 Å². The molecule has 28 heavy (non-hydrogen) atoms. The van der Waals surface area contributed by atoms with Gasteiger partial charge in [0.15, 0.2) is 0 Å².